The largest absolute Gasteiger partial charge is 0.312 e. The predicted molar refractivity (Wildman–Crippen MR) is 42.7 cm³/mol. The molecule has 0 bridgehead atoms. The van der Waals surface area contributed by atoms with Crippen LogP contribution in [0.1, 0.15) is 5.69 Å². The lowest BCUT2D eigenvalue weighted by atomic mass is 10.3. The number of hydrogen-bond acceptors (Lipinski definition) is 4. The molecule has 1 N–H and O–H groups in total. The van der Waals surface area contributed by atoms with Crippen molar-refractivity contribution in [3.8, 4) is 0 Å². The molecule has 0 saturated carbocycles. The number of nitrogens with zero attached hydrogens (tertiary/aromatic N) is 3. The number of nitrogens with one attached hydrogen (secondary N) is 1. The molecule has 0 spiro atoms. The summed E-state index contributed by atoms with van der Waals surface area (Å²) >= 11 is 0. The van der Waals surface area contributed by atoms with Crippen LogP contribution in [0.15, 0.2) is 17.4 Å². The third-order valence-corrected chi connectivity index (χ3v) is 1.63. The second-order valence-corrected chi connectivity index (χ2v) is 2.39. The summed E-state index contributed by atoms with van der Waals surface area (Å²) in [6.07, 6.45) is 2.72. The smallest absolute Gasteiger partial charge is 0.262 e. The number of fused-ring (bicyclic) bond motifs is 1. The second kappa shape index (κ2) is 2.37. The summed E-state index contributed by atoms with van der Waals surface area (Å²) in [4.78, 5) is 25.3. The van der Waals surface area contributed by atoms with E-state index in [0.717, 1.165) is 0 Å². The maximum absolute atomic E-state index is 11.2. The van der Waals surface area contributed by atoms with Crippen LogP contribution in [0.4, 0.5) is 0 Å². The van der Waals surface area contributed by atoms with Gasteiger partial charge >= 0.3 is 0 Å². The van der Waals surface area contributed by atoms with Crippen LogP contribution in [0.2, 0.25) is 0 Å². The SMILES string of the molecule is Cc1ncnc2nc[nH]c(=O)c12. The second-order valence-electron chi connectivity index (χ2n) is 2.39. The molecule has 2 rings (SSSR count). The third-order valence-electron chi connectivity index (χ3n) is 1.63. The maximum atomic E-state index is 11.2. The molecule has 60 valence electrons. The van der Waals surface area contributed by atoms with Crippen molar-refractivity contribution in [2.24, 2.45) is 0 Å². The van der Waals surface area contributed by atoms with E-state index >= 15 is 0 Å². The Balaban J connectivity index is 3.07. The maximum Gasteiger partial charge on any atom is 0.262 e. The van der Waals surface area contributed by atoms with Crippen LogP contribution in [-0.2, 0) is 0 Å². The van der Waals surface area contributed by atoms with Gasteiger partial charge in [0.15, 0.2) is 5.65 Å². The molecular formula is C7H6N4O. The van der Waals surface area contributed by atoms with Crippen LogP contribution >= 0.6 is 0 Å². The highest BCUT2D eigenvalue weighted by molar-refractivity contribution is 5.74. The van der Waals surface area contributed by atoms with E-state index < -0.39 is 0 Å². The van der Waals surface area contributed by atoms with Gasteiger partial charge in [0.2, 0.25) is 0 Å². The van der Waals surface area contributed by atoms with Crippen LogP contribution < -0.4 is 5.56 Å². The summed E-state index contributed by atoms with van der Waals surface area (Å²) in [5.41, 5.74) is 0.888. The molecule has 12 heavy (non-hydrogen) atoms. The standard InChI is InChI=1S/C7H6N4O/c1-4-5-6(9-2-8-4)10-3-11-7(5)12/h2-3H,1H3,(H,8,9,10,11,12). The number of H-pyrrole nitrogens is 1. The lowest BCUT2D eigenvalue weighted by Crippen LogP contribution is -2.09. The zero-order chi connectivity index (χ0) is 8.55. The molecule has 0 aliphatic rings. The molecule has 0 aliphatic carbocycles. The molecule has 0 saturated heterocycles. The summed E-state index contributed by atoms with van der Waals surface area (Å²) in [6, 6.07) is 0. The number of rotatable bonds is 0. The first-order valence-corrected chi connectivity index (χ1v) is 3.44. The highest BCUT2D eigenvalue weighted by atomic mass is 16.1. The van der Waals surface area contributed by atoms with E-state index in [4.69, 9.17) is 0 Å². The number of hydrogen-bond donors (Lipinski definition) is 1. The van der Waals surface area contributed by atoms with Crippen molar-refractivity contribution in [2.45, 2.75) is 6.92 Å². The van der Waals surface area contributed by atoms with Crippen LogP contribution in [0.25, 0.3) is 11.0 Å². The lowest BCUT2D eigenvalue weighted by molar-refractivity contribution is 1.08. The summed E-state index contributed by atoms with van der Waals surface area (Å²) in [5.74, 6) is 0. The zero-order valence-corrected chi connectivity index (χ0v) is 6.40. The van der Waals surface area contributed by atoms with Crippen molar-refractivity contribution < 1.29 is 0 Å². The summed E-state index contributed by atoms with van der Waals surface area (Å²) in [7, 11) is 0. The Kier molecular flexibility index (Phi) is 1.36. The van der Waals surface area contributed by atoms with Gasteiger partial charge in [0.05, 0.1) is 12.0 Å². The van der Waals surface area contributed by atoms with Crippen molar-refractivity contribution in [1.82, 2.24) is 19.9 Å². The Morgan fingerprint density at radius 3 is 2.92 bits per heavy atom. The monoisotopic (exact) mass is 162 g/mol. The summed E-state index contributed by atoms with van der Waals surface area (Å²) in [6.45, 7) is 1.75. The first kappa shape index (κ1) is 6.90. The van der Waals surface area contributed by atoms with Gasteiger partial charge in [0.1, 0.15) is 11.7 Å². The van der Waals surface area contributed by atoms with E-state index in [1.54, 1.807) is 6.92 Å². The molecule has 0 fully saturated rings. The minimum Gasteiger partial charge on any atom is -0.312 e. The van der Waals surface area contributed by atoms with E-state index in [1.165, 1.54) is 12.7 Å². The highest BCUT2D eigenvalue weighted by Gasteiger charge is 2.02. The quantitative estimate of drug-likeness (QED) is 0.592. The Morgan fingerprint density at radius 1 is 1.33 bits per heavy atom. The van der Waals surface area contributed by atoms with Crippen LogP contribution in [-0.4, -0.2) is 19.9 Å². The average Bonchev–Trinajstić information content (AvgIpc) is 2.04. The molecule has 0 radical (unpaired) electrons. The van der Waals surface area contributed by atoms with Crippen molar-refractivity contribution >= 4 is 11.0 Å². The number of aromatic amines is 1. The molecule has 0 unspecified atom stereocenters. The number of aryl methyl sites for hydroxylation is 1. The van der Waals surface area contributed by atoms with Crippen molar-refractivity contribution in [2.75, 3.05) is 0 Å². The minimum absolute atomic E-state index is 0.196. The van der Waals surface area contributed by atoms with Gasteiger partial charge in [-0.05, 0) is 6.92 Å². The average molecular weight is 162 g/mol. The minimum atomic E-state index is -0.196. The normalized spacial score (nSPS) is 10.4. The summed E-state index contributed by atoms with van der Waals surface area (Å²) < 4.78 is 0. The molecule has 0 atom stereocenters. The van der Waals surface area contributed by atoms with Gasteiger partial charge in [-0.2, -0.15) is 0 Å². The van der Waals surface area contributed by atoms with Gasteiger partial charge < -0.3 is 4.98 Å². The fourth-order valence-electron chi connectivity index (χ4n) is 1.05. The Morgan fingerprint density at radius 2 is 2.17 bits per heavy atom. The summed E-state index contributed by atoms with van der Waals surface area (Å²) in [5, 5.41) is 0.458. The van der Waals surface area contributed by atoms with Gasteiger partial charge in [0, 0.05) is 0 Å². The van der Waals surface area contributed by atoms with Crippen LogP contribution in [0, 0.1) is 6.92 Å². The van der Waals surface area contributed by atoms with Gasteiger partial charge in [-0.1, -0.05) is 0 Å². The number of aromatic nitrogens is 4. The lowest BCUT2D eigenvalue weighted by Gasteiger charge is -1.95. The third kappa shape index (κ3) is 0.868. The van der Waals surface area contributed by atoms with Gasteiger partial charge in [0.25, 0.3) is 5.56 Å². The molecule has 2 heterocycles. The van der Waals surface area contributed by atoms with E-state index in [-0.39, 0.29) is 5.56 Å². The van der Waals surface area contributed by atoms with E-state index in [2.05, 4.69) is 19.9 Å². The van der Waals surface area contributed by atoms with Gasteiger partial charge in [-0.3, -0.25) is 4.79 Å². The van der Waals surface area contributed by atoms with Crippen molar-refractivity contribution in [3.63, 3.8) is 0 Å². The van der Waals surface area contributed by atoms with Gasteiger partial charge in [-0.25, -0.2) is 15.0 Å². The Labute approximate surface area is 67.5 Å². The predicted octanol–water partition coefficient (Wildman–Crippen LogP) is 0.0215. The van der Waals surface area contributed by atoms with Crippen molar-refractivity contribution in [3.05, 3.63) is 28.7 Å². The van der Waals surface area contributed by atoms with Gasteiger partial charge in [-0.15, -0.1) is 0 Å². The van der Waals surface area contributed by atoms with Crippen LogP contribution in [0.5, 0.6) is 0 Å². The first-order valence-electron chi connectivity index (χ1n) is 3.44. The fraction of sp³-hybridized carbons (Fsp3) is 0.143. The van der Waals surface area contributed by atoms with Crippen LogP contribution in [0.3, 0.4) is 0 Å². The molecule has 5 heteroatoms. The highest BCUT2D eigenvalue weighted by Crippen LogP contribution is 2.03. The topological polar surface area (TPSA) is 71.5 Å². The molecule has 5 nitrogen and oxygen atoms in total. The molecular weight excluding hydrogens is 156 g/mol. The molecule has 0 amide bonds. The first-order chi connectivity index (χ1) is 5.79. The zero-order valence-electron chi connectivity index (χ0n) is 6.40. The van der Waals surface area contributed by atoms with E-state index in [9.17, 15) is 4.79 Å². The van der Waals surface area contributed by atoms with E-state index in [1.807, 2.05) is 0 Å². The van der Waals surface area contributed by atoms with Crippen molar-refractivity contribution in [1.29, 1.82) is 0 Å². The Bertz CT molecular complexity index is 471. The fourth-order valence-corrected chi connectivity index (χ4v) is 1.05. The Hall–Kier alpha value is -1.78. The molecule has 0 aromatic carbocycles. The molecule has 2 aromatic heterocycles. The molecule has 0 aliphatic heterocycles. The van der Waals surface area contributed by atoms with E-state index in [0.29, 0.717) is 16.7 Å². The molecule has 2 aromatic rings.